The Morgan fingerprint density at radius 1 is 1.41 bits per heavy atom. The van der Waals surface area contributed by atoms with Gasteiger partial charge < -0.3 is 9.47 Å². The van der Waals surface area contributed by atoms with Gasteiger partial charge in [-0.3, -0.25) is 0 Å². The van der Waals surface area contributed by atoms with Crippen LogP contribution in [0.1, 0.15) is 26.7 Å². The molecule has 2 atom stereocenters. The molecule has 0 aromatic carbocycles. The van der Waals surface area contributed by atoms with E-state index in [4.69, 9.17) is 9.47 Å². The van der Waals surface area contributed by atoms with Gasteiger partial charge in [0, 0.05) is 6.08 Å². The Morgan fingerprint density at radius 2 is 2.18 bits per heavy atom. The van der Waals surface area contributed by atoms with Crippen LogP contribution in [0.3, 0.4) is 0 Å². The minimum atomic E-state index is -0.301. The Balaban J connectivity index is 2.11. The zero-order chi connectivity index (χ0) is 12.5. The second-order valence-corrected chi connectivity index (χ2v) is 4.37. The number of esters is 1. The molecule has 0 radical (unpaired) electrons. The van der Waals surface area contributed by atoms with Crippen LogP contribution in [-0.4, -0.2) is 25.8 Å². The summed E-state index contributed by atoms with van der Waals surface area (Å²) in [6, 6.07) is 0. The van der Waals surface area contributed by atoms with Gasteiger partial charge in [-0.1, -0.05) is 25.2 Å². The second kappa shape index (κ2) is 8.07. The maximum atomic E-state index is 11.0. The average Bonchev–Trinajstić information content (AvgIpc) is 2.31. The van der Waals surface area contributed by atoms with Gasteiger partial charge in [-0.25, -0.2) is 4.79 Å². The Kier molecular flexibility index (Phi) is 6.63. The highest BCUT2D eigenvalue weighted by atomic mass is 16.5. The summed E-state index contributed by atoms with van der Waals surface area (Å²) in [5.74, 6) is 0.995. The largest absolute Gasteiger partial charge is 0.463 e. The van der Waals surface area contributed by atoms with Crippen molar-refractivity contribution in [1.29, 1.82) is 0 Å². The lowest BCUT2D eigenvalue weighted by molar-refractivity contribution is -0.137. The molecule has 0 spiro atoms. The van der Waals surface area contributed by atoms with Gasteiger partial charge >= 0.3 is 5.97 Å². The molecule has 2 unspecified atom stereocenters. The van der Waals surface area contributed by atoms with Crippen molar-refractivity contribution in [3.63, 3.8) is 0 Å². The summed E-state index contributed by atoms with van der Waals surface area (Å²) in [6.45, 7) is 5.70. The highest BCUT2D eigenvalue weighted by Gasteiger charge is 2.17. The van der Waals surface area contributed by atoms with Crippen LogP contribution in [0.2, 0.25) is 0 Å². The lowest BCUT2D eigenvalue weighted by Crippen LogP contribution is -2.19. The molecule has 1 aliphatic rings. The number of carbonyl (C=O) groups excluding carboxylic acids is 1. The molecule has 0 saturated heterocycles. The van der Waals surface area contributed by atoms with Crippen LogP contribution in [0.4, 0.5) is 0 Å². The molecule has 0 heterocycles. The van der Waals surface area contributed by atoms with E-state index in [-0.39, 0.29) is 5.97 Å². The average molecular weight is 238 g/mol. The smallest absolute Gasteiger partial charge is 0.330 e. The van der Waals surface area contributed by atoms with Crippen molar-refractivity contribution in [2.24, 2.45) is 11.8 Å². The summed E-state index contributed by atoms with van der Waals surface area (Å²) in [5, 5.41) is 0. The zero-order valence-corrected chi connectivity index (χ0v) is 10.7. The SMILES string of the molecule is CCOC(=O)/C=C/COCC1CC=CCC1C. The van der Waals surface area contributed by atoms with E-state index in [1.807, 2.05) is 0 Å². The van der Waals surface area contributed by atoms with Crippen molar-refractivity contribution in [3.05, 3.63) is 24.3 Å². The van der Waals surface area contributed by atoms with Gasteiger partial charge in [-0.05, 0) is 31.6 Å². The maximum Gasteiger partial charge on any atom is 0.330 e. The van der Waals surface area contributed by atoms with E-state index in [0.717, 1.165) is 19.4 Å². The van der Waals surface area contributed by atoms with Crippen LogP contribution >= 0.6 is 0 Å². The van der Waals surface area contributed by atoms with Crippen molar-refractivity contribution in [3.8, 4) is 0 Å². The van der Waals surface area contributed by atoms with Crippen LogP contribution in [0.15, 0.2) is 24.3 Å². The summed E-state index contributed by atoms with van der Waals surface area (Å²) < 4.78 is 10.3. The first-order valence-electron chi connectivity index (χ1n) is 6.30. The van der Waals surface area contributed by atoms with Crippen molar-refractivity contribution in [2.75, 3.05) is 19.8 Å². The van der Waals surface area contributed by atoms with Crippen molar-refractivity contribution < 1.29 is 14.3 Å². The van der Waals surface area contributed by atoms with E-state index in [1.54, 1.807) is 13.0 Å². The molecule has 1 aliphatic carbocycles. The number of allylic oxidation sites excluding steroid dienone is 2. The summed E-state index contributed by atoms with van der Waals surface area (Å²) in [7, 11) is 0. The Bertz CT molecular complexity index is 281. The van der Waals surface area contributed by atoms with Crippen LogP contribution in [0.25, 0.3) is 0 Å². The Labute approximate surface area is 103 Å². The van der Waals surface area contributed by atoms with Gasteiger partial charge in [0.05, 0.1) is 19.8 Å². The van der Waals surface area contributed by atoms with E-state index >= 15 is 0 Å². The predicted octanol–water partition coefficient (Wildman–Crippen LogP) is 2.72. The fourth-order valence-electron chi connectivity index (χ4n) is 1.86. The highest BCUT2D eigenvalue weighted by molar-refractivity contribution is 5.81. The van der Waals surface area contributed by atoms with Gasteiger partial charge in [-0.15, -0.1) is 0 Å². The molecule has 1 rings (SSSR count). The summed E-state index contributed by atoms with van der Waals surface area (Å²) in [5.41, 5.74) is 0. The molecular formula is C14H22O3. The predicted molar refractivity (Wildman–Crippen MR) is 67.6 cm³/mol. The third-order valence-corrected chi connectivity index (χ3v) is 3.00. The highest BCUT2D eigenvalue weighted by Crippen LogP contribution is 2.24. The van der Waals surface area contributed by atoms with Gasteiger partial charge in [0.15, 0.2) is 0 Å². The first-order valence-corrected chi connectivity index (χ1v) is 6.30. The van der Waals surface area contributed by atoms with Gasteiger partial charge in [0.25, 0.3) is 0 Å². The molecule has 0 aliphatic heterocycles. The van der Waals surface area contributed by atoms with E-state index in [1.165, 1.54) is 6.08 Å². The van der Waals surface area contributed by atoms with E-state index < -0.39 is 0 Å². The lowest BCUT2D eigenvalue weighted by Gasteiger charge is -2.24. The number of hydrogen-bond donors (Lipinski definition) is 0. The summed E-state index contributed by atoms with van der Waals surface area (Å²) in [6.07, 6.45) is 9.84. The summed E-state index contributed by atoms with van der Waals surface area (Å²) >= 11 is 0. The second-order valence-electron chi connectivity index (χ2n) is 4.37. The molecule has 0 aromatic rings. The molecule has 3 nitrogen and oxygen atoms in total. The van der Waals surface area contributed by atoms with Crippen molar-refractivity contribution in [2.45, 2.75) is 26.7 Å². The van der Waals surface area contributed by atoms with Gasteiger partial charge in [0.2, 0.25) is 0 Å². The summed E-state index contributed by atoms with van der Waals surface area (Å²) in [4.78, 5) is 11.0. The van der Waals surface area contributed by atoms with Crippen LogP contribution in [0.5, 0.6) is 0 Å². The fourth-order valence-corrected chi connectivity index (χ4v) is 1.86. The molecule has 17 heavy (non-hydrogen) atoms. The zero-order valence-electron chi connectivity index (χ0n) is 10.7. The van der Waals surface area contributed by atoms with E-state index in [2.05, 4.69) is 19.1 Å². The van der Waals surface area contributed by atoms with Crippen molar-refractivity contribution in [1.82, 2.24) is 0 Å². The van der Waals surface area contributed by atoms with Crippen molar-refractivity contribution >= 4 is 5.97 Å². The van der Waals surface area contributed by atoms with E-state index in [0.29, 0.717) is 25.0 Å². The van der Waals surface area contributed by atoms with E-state index in [9.17, 15) is 4.79 Å². The standard InChI is InChI=1S/C14H22O3/c1-3-17-14(15)9-6-10-16-11-13-8-5-4-7-12(13)2/h4-6,9,12-13H,3,7-8,10-11H2,1-2H3/b9-6+. The minimum Gasteiger partial charge on any atom is -0.463 e. The van der Waals surface area contributed by atoms with Gasteiger partial charge in [0.1, 0.15) is 0 Å². The maximum absolute atomic E-state index is 11.0. The first-order chi connectivity index (χ1) is 8.24. The number of rotatable bonds is 6. The minimum absolute atomic E-state index is 0.301. The first kappa shape index (κ1) is 14.0. The molecule has 0 amide bonds. The van der Waals surface area contributed by atoms with Crippen LogP contribution in [0, 0.1) is 11.8 Å². The number of ether oxygens (including phenoxy) is 2. The molecule has 3 heteroatoms. The lowest BCUT2D eigenvalue weighted by atomic mass is 9.85. The normalized spacial score (nSPS) is 24.1. The molecule has 0 N–H and O–H groups in total. The molecular weight excluding hydrogens is 216 g/mol. The molecule has 0 aromatic heterocycles. The molecule has 0 fully saturated rings. The Hall–Kier alpha value is -1.09. The quantitative estimate of drug-likeness (QED) is 0.309. The monoisotopic (exact) mass is 238 g/mol. The van der Waals surface area contributed by atoms with Gasteiger partial charge in [-0.2, -0.15) is 0 Å². The molecule has 0 bridgehead atoms. The van der Waals surface area contributed by atoms with Crippen LogP contribution < -0.4 is 0 Å². The topological polar surface area (TPSA) is 35.5 Å². The molecule has 96 valence electrons. The third-order valence-electron chi connectivity index (χ3n) is 3.00. The van der Waals surface area contributed by atoms with Crippen LogP contribution in [-0.2, 0) is 14.3 Å². The number of hydrogen-bond acceptors (Lipinski definition) is 3. The fraction of sp³-hybridized carbons (Fsp3) is 0.643. The molecule has 0 saturated carbocycles. The number of carbonyl (C=O) groups is 1. The third kappa shape index (κ3) is 5.68. The Morgan fingerprint density at radius 3 is 2.88 bits per heavy atom.